The van der Waals surface area contributed by atoms with Gasteiger partial charge in [-0.05, 0) is 37.1 Å². The number of rotatable bonds is 6. The molecule has 2 aromatic carbocycles. The van der Waals surface area contributed by atoms with Crippen molar-refractivity contribution in [3.8, 4) is 5.75 Å². The highest BCUT2D eigenvalue weighted by atomic mass is 32.2. The summed E-state index contributed by atoms with van der Waals surface area (Å²) in [4.78, 5) is 0.909. The molecular weight excluding hydrogens is 270 g/mol. The van der Waals surface area contributed by atoms with Crippen molar-refractivity contribution in [2.45, 2.75) is 18.2 Å². The number of para-hydroxylation sites is 2. The highest BCUT2D eigenvalue weighted by molar-refractivity contribution is 7.85. The molecular formula is C16H19NO2S. The van der Waals surface area contributed by atoms with Gasteiger partial charge in [0.15, 0.2) is 0 Å². The molecule has 0 aliphatic rings. The van der Waals surface area contributed by atoms with Crippen molar-refractivity contribution in [2.75, 3.05) is 18.1 Å². The van der Waals surface area contributed by atoms with Gasteiger partial charge in [0, 0.05) is 10.6 Å². The van der Waals surface area contributed by atoms with Crippen LogP contribution >= 0.6 is 0 Å². The lowest BCUT2D eigenvalue weighted by atomic mass is 10.2. The predicted molar refractivity (Wildman–Crippen MR) is 83.4 cm³/mol. The summed E-state index contributed by atoms with van der Waals surface area (Å²) >= 11 is 0. The highest BCUT2D eigenvalue weighted by Gasteiger charge is 2.06. The Morgan fingerprint density at radius 2 is 1.80 bits per heavy atom. The van der Waals surface area contributed by atoms with E-state index in [-0.39, 0.29) is 0 Å². The Labute approximate surface area is 122 Å². The van der Waals surface area contributed by atoms with Gasteiger partial charge in [-0.2, -0.15) is 0 Å². The zero-order chi connectivity index (χ0) is 14.4. The van der Waals surface area contributed by atoms with Crippen molar-refractivity contribution in [1.82, 2.24) is 0 Å². The van der Waals surface area contributed by atoms with Crippen LogP contribution in [0.4, 0.5) is 5.69 Å². The van der Waals surface area contributed by atoms with Gasteiger partial charge >= 0.3 is 0 Å². The molecule has 0 bridgehead atoms. The molecule has 0 radical (unpaired) electrons. The third-order valence-electron chi connectivity index (χ3n) is 2.99. The second kappa shape index (κ2) is 7.10. The van der Waals surface area contributed by atoms with Gasteiger partial charge in [0.2, 0.25) is 0 Å². The molecule has 3 nitrogen and oxygen atoms in total. The molecule has 0 fully saturated rings. The minimum atomic E-state index is -0.969. The summed E-state index contributed by atoms with van der Waals surface area (Å²) in [5.41, 5.74) is 7.49. The Balaban J connectivity index is 1.81. The number of anilines is 1. The van der Waals surface area contributed by atoms with Crippen LogP contribution < -0.4 is 10.5 Å². The largest absolute Gasteiger partial charge is 0.491 e. The minimum Gasteiger partial charge on any atom is -0.491 e. The first-order valence-corrected chi connectivity index (χ1v) is 7.91. The molecule has 0 saturated carbocycles. The molecule has 0 aliphatic carbocycles. The molecule has 0 heterocycles. The molecule has 20 heavy (non-hydrogen) atoms. The van der Waals surface area contributed by atoms with Crippen LogP contribution in [0.25, 0.3) is 0 Å². The fourth-order valence-corrected chi connectivity index (χ4v) is 3.16. The number of nitrogens with two attached hydrogens (primary N) is 1. The Bertz CT molecular complexity index is 599. The maximum atomic E-state index is 12.2. The van der Waals surface area contributed by atoms with E-state index in [0.717, 1.165) is 16.9 Å². The molecule has 2 N–H and O–H groups in total. The van der Waals surface area contributed by atoms with E-state index in [1.165, 1.54) is 0 Å². The number of nitrogen functional groups attached to an aromatic ring is 1. The van der Waals surface area contributed by atoms with Crippen LogP contribution in [0, 0.1) is 6.92 Å². The lowest BCUT2D eigenvalue weighted by Gasteiger charge is -2.09. The molecule has 1 atom stereocenters. The topological polar surface area (TPSA) is 52.3 Å². The standard InChI is InChI=1S/C16H19NO2S/c1-13-7-2-5-10-16(13)20(18)12-6-11-19-15-9-4-3-8-14(15)17/h2-5,7-10H,6,11-12,17H2,1H3. The predicted octanol–water partition coefficient (Wildman–Crippen LogP) is 3.15. The maximum absolute atomic E-state index is 12.2. The molecule has 0 aromatic heterocycles. The molecule has 0 aliphatic heterocycles. The Morgan fingerprint density at radius 1 is 1.10 bits per heavy atom. The van der Waals surface area contributed by atoms with Gasteiger partial charge in [-0.15, -0.1) is 0 Å². The summed E-state index contributed by atoms with van der Waals surface area (Å²) in [5, 5.41) is 0. The van der Waals surface area contributed by atoms with Crippen molar-refractivity contribution < 1.29 is 8.95 Å². The van der Waals surface area contributed by atoms with Crippen LogP contribution in [-0.2, 0) is 10.8 Å². The van der Waals surface area contributed by atoms with Crippen molar-refractivity contribution in [2.24, 2.45) is 0 Å². The molecule has 0 saturated heterocycles. The Hall–Kier alpha value is -1.81. The fourth-order valence-electron chi connectivity index (χ4n) is 1.91. The maximum Gasteiger partial charge on any atom is 0.142 e. The van der Waals surface area contributed by atoms with E-state index in [1.54, 1.807) is 6.07 Å². The highest BCUT2D eigenvalue weighted by Crippen LogP contribution is 2.20. The van der Waals surface area contributed by atoms with E-state index in [1.807, 2.05) is 49.4 Å². The second-order valence-corrected chi connectivity index (χ2v) is 6.09. The smallest absolute Gasteiger partial charge is 0.142 e. The van der Waals surface area contributed by atoms with Crippen LogP contribution in [0.5, 0.6) is 5.75 Å². The third kappa shape index (κ3) is 3.84. The van der Waals surface area contributed by atoms with E-state index in [2.05, 4.69) is 0 Å². The first kappa shape index (κ1) is 14.6. The van der Waals surface area contributed by atoms with E-state index in [4.69, 9.17) is 10.5 Å². The number of aryl methyl sites for hydroxylation is 1. The summed E-state index contributed by atoms with van der Waals surface area (Å²) in [6.45, 7) is 2.50. The molecule has 2 aromatic rings. The van der Waals surface area contributed by atoms with Crippen molar-refractivity contribution in [1.29, 1.82) is 0 Å². The van der Waals surface area contributed by atoms with Gasteiger partial charge in [0.1, 0.15) is 5.75 Å². The van der Waals surface area contributed by atoms with Gasteiger partial charge in [-0.3, -0.25) is 4.21 Å². The summed E-state index contributed by atoms with van der Waals surface area (Å²) in [6.07, 6.45) is 0.731. The number of benzene rings is 2. The van der Waals surface area contributed by atoms with Gasteiger partial charge in [0.25, 0.3) is 0 Å². The summed E-state index contributed by atoms with van der Waals surface area (Å²) < 4.78 is 17.8. The summed E-state index contributed by atoms with van der Waals surface area (Å²) in [6, 6.07) is 15.2. The lowest BCUT2D eigenvalue weighted by Crippen LogP contribution is -2.06. The minimum absolute atomic E-state index is 0.520. The SMILES string of the molecule is Cc1ccccc1S(=O)CCCOc1ccccc1N. The Morgan fingerprint density at radius 3 is 2.55 bits per heavy atom. The monoisotopic (exact) mass is 289 g/mol. The van der Waals surface area contributed by atoms with E-state index < -0.39 is 10.8 Å². The van der Waals surface area contributed by atoms with E-state index in [9.17, 15) is 4.21 Å². The van der Waals surface area contributed by atoms with Crippen molar-refractivity contribution in [3.05, 3.63) is 54.1 Å². The van der Waals surface area contributed by atoms with Crippen LogP contribution in [0.2, 0.25) is 0 Å². The van der Waals surface area contributed by atoms with Gasteiger partial charge in [-0.1, -0.05) is 30.3 Å². The van der Waals surface area contributed by atoms with Crippen molar-refractivity contribution >= 4 is 16.5 Å². The summed E-state index contributed by atoms with van der Waals surface area (Å²) in [5.74, 6) is 1.28. The van der Waals surface area contributed by atoms with Gasteiger partial charge in [0.05, 0.1) is 23.1 Å². The molecule has 0 amide bonds. The number of hydrogen-bond acceptors (Lipinski definition) is 3. The third-order valence-corrected chi connectivity index (χ3v) is 4.60. The average Bonchev–Trinajstić information content (AvgIpc) is 2.45. The Kier molecular flexibility index (Phi) is 5.18. The van der Waals surface area contributed by atoms with E-state index in [0.29, 0.717) is 23.8 Å². The van der Waals surface area contributed by atoms with Crippen LogP contribution in [-0.4, -0.2) is 16.6 Å². The first-order chi connectivity index (χ1) is 9.68. The zero-order valence-corrected chi connectivity index (χ0v) is 12.4. The molecule has 106 valence electrons. The van der Waals surface area contributed by atoms with Crippen LogP contribution in [0.1, 0.15) is 12.0 Å². The van der Waals surface area contributed by atoms with Crippen LogP contribution in [0.15, 0.2) is 53.4 Å². The van der Waals surface area contributed by atoms with Crippen LogP contribution in [0.3, 0.4) is 0 Å². The normalized spacial score (nSPS) is 12.1. The second-order valence-electron chi connectivity index (χ2n) is 4.55. The van der Waals surface area contributed by atoms with Gasteiger partial charge in [-0.25, -0.2) is 0 Å². The molecule has 1 unspecified atom stereocenters. The first-order valence-electron chi connectivity index (χ1n) is 6.60. The van der Waals surface area contributed by atoms with Crippen molar-refractivity contribution in [3.63, 3.8) is 0 Å². The van der Waals surface area contributed by atoms with Gasteiger partial charge < -0.3 is 10.5 Å². The lowest BCUT2D eigenvalue weighted by molar-refractivity contribution is 0.320. The number of ether oxygens (including phenoxy) is 1. The quantitative estimate of drug-likeness (QED) is 0.656. The van der Waals surface area contributed by atoms with E-state index >= 15 is 0 Å². The number of hydrogen-bond donors (Lipinski definition) is 1. The summed E-state index contributed by atoms with van der Waals surface area (Å²) in [7, 11) is -0.969. The average molecular weight is 289 g/mol. The fraction of sp³-hybridized carbons (Fsp3) is 0.250. The molecule has 2 rings (SSSR count). The molecule has 0 spiro atoms. The molecule has 4 heteroatoms. The zero-order valence-electron chi connectivity index (χ0n) is 11.5.